The summed E-state index contributed by atoms with van der Waals surface area (Å²) >= 11 is 0. The first-order valence-corrected chi connectivity index (χ1v) is 26.8. The van der Waals surface area contributed by atoms with Crippen LogP contribution in [0.1, 0.15) is 298 Å². The number of ether oxygens (including phenoxy) is 3. The molecule has 0 aliphatic heterocycles. The van der Waals surface area contributed by atoms with Crippen molar-refractivity contribution in [2.24, 2.45) is 11.8 Å². The van der Waals surface area contributed by atoms with Crippen molar-refractivity contribution in [1.29, 1.82) is 0 Å². The highest BCUT2D eigenvalue weighted by Gasteiger charge is 2.19. The largest absolute Gasteiger partial charge is 0.462 e. The van der Waals surface area contributed by atoms with E-state index in [0.717, 1.165) is 69.6 Å². The second-order valence-electron chi connectivity index (χ2n) is 19.2. The lowest BCUT2D eigenvalue weighted by Crippen LogP contribution is -2.30. The highest BCUT2D eigenvalue weighted by atomic mass is 16.6. The molecule has 0 saturated carbocycles. The van der Waals surface area contributed by atoms with Crippen molar-refractivity contribution >= 4 is 17.9 Å². The highest BCUT2D eigenvalue weighted by molar-refractivity contribution is 5.71. The third-order valence-corrected chi connectivity index (χ3v) is 12.6. The summed E-state index contributed by atoms with van der Waals surface area (Å²) in [6.07, 6.45) is 48.0. The Morgan fingerprint density at radius 3 is 0.950 bits per heavy atom. The number of carbonyl (C=O) groups excluding carboxylic acids is 3. The monoisotopic (exact) mass is 849 g/mol. The number of hydrogen-bond acceptors (Lipinski definition) is 6. The normalized spacial score (nSPS) is 12.5. The number of hydrogen-bond donors (Lipinski definition) is 0. The maximum absolute atomic E-state index is 12.8. The van der Waals surface area contributed by atoms with Crippen LogP contribution in [0.2, 0.25) is 0 Å². The number of unbranched alkanes of at least 4 members (excludes halogenated alkanes) is 32. The van der Waals surface area contributed by atoms with Crippen LogP contribution in [-0.4, -0.2) is 37.2 Å². The average Bonchev–Trinajstić information content (AvgIpc) is 3.23. The molecular weight excluding hydrogens is 745 g/mol. The lowest BCUT2D eigenvalue weighted by atomic mass is 9.99. The summed E-state index contributed by atoms with van der Waals surface area (Å²) in [4.78, 5) is 38.0. The molecule has 0 N–H and O–H groups in total. The molecule has 0 amide bonds. The summed E-state index contributed by atoms with van der Waals surface area (Å²) in [5.41, 5.74) is 0. The van der Waals surface area contributed by atoms with Crippen molar-refractivity contribution in [2.45, 2.75) is 304 Å². The summed E-state index contributed by atoms with van der Waals surface area (Å²) in [6, 6.07) is 0. The van der Waals surface area contributed by atoms with Crippen LogP contribution in [0.25, 0.3) is 0 Å². The maximum Gasteiger partial charge on any atom is 0.306 e. The standard InChI is InChI=1S/C54H104O6/c1-6-8-9-10-11-12-13-14-15-16-17-18-19-23-29-34-39-44-52(55)58-47-51(48-59-53(56)45-40-35-30-26-25-28-33-38-43-50(5)7-2)60-54(57)46-41-36-31-24-21-20-22-27-32-37-42-49(3)4/h49-51H,6-48H2,1-5H3/t50?,51-/m0/s1. The van der Waals surface area contributed by atoms with E-state index in [-0.39, 0.29) is 31.1 Å². The van der Waals surface area contributed by atoms with Crippen molar-refractivity contribution in [3.05, 3.63) is 0 Å². The van der Waals surface area contributed by atoms with Gasteiger partial charge in [0.1, 0.15) is 13.2 Å². The van der Waals surface area contributed by atoms with Crippen LogP contribution in [0, 0.1) is 11.8 Å². The third kappa shape index (κ3) is 45.9. The molecule has 0 aliphatic rings. The Morgan fingerprint density at radius 1 is 0.350 bits per heavy atom. The van der Waals surface area contributed by atoms with E-state index in [9.17, 15) is 14.4 Å². The fourth-order valence-electron chi connectivity index (χ4n) is 8.13. The van der Waals surface area contributed by atoms with Gasteiger partial charge in [0, 0.05) is 19.3 Å². The number of esters is 3. The summed E-state index contributed by atoms with van der Waals surface area (Å²) in [6.45, 7) is 11.4. The van der Waals surface area contributed by atoms with E-state index in [4.69, 9.17) is 14.2 Å². The summed E-state index contributed by atoms with van der Waals surface area (Å²) < 4.78 is 16.8. The zero-order chi connectivity index (χ0) is 44.0. The molecule has 6 nitrogen and oxygen atoms in total. The van der Waals surface area contributed by atoms with Gasteiger partial charge in [-0.2, -0.15) is 0 Å². The Bertz CT molecular complexity index is 918. The van der Waals surface area contributed by atoms with Gasteiger partial charge in [-0.3, -0.25) is 14.4 Å². The van der Waals surface area contributed by atoms with Crippen molar-refractivity contribution in [1.82, 2.24) is 0 Å². The quantitative estimate of drug-likeness (QED) is 0.0345. The van der Waals surface area contributed by atoms with Gasteiger partial charge in [0.2, 0.25) is 0 Å². The van der Waals surface area contributed by atoms with E-state index in [1.807, 2.05) is 0 Å². The first kappa shape index (κ1) is 58.4. The zero-order valence-electron chi connectivity index (χ0n) is 41.1. The second-order valence-corrected chi connectivity index (χ2v) is 19.2. The Balaban J connectivity index is 4.30. The van der Waals surface area contributed by atoms with Crippen LogP contribution in [-0.2, 0) is 28.6 Å². The van der Waals surface area contributed by atoms with E-state index in [1.165, 1.54) is 186 Å². The number of rotatable bonds is 48. The molecule has 2 atom stereocenters. The molecule has 0 heterocycles. The lowest BCUT2D eigenvalue weighted by Gasteiger charge is -2.18. The van der Waals surface area contributed by atoms with Gasteiger partial charge >= 0.3 is 17.9 Å². The molecule has 0 aliphatic carbocycles. The van der Waals surface area contributed by atoms with Gasteiger partial charge in [-0.05, 0) is 31.1 Å². The van der Waals surface area contributed by atoms with Crippen LogP contribution in [0.15, 0.2) is 0 Å². The predicted octanol–water partition coefficient (Wildman–Crippen LogP) is 17.3. The van der Waals surface area contributed by atoms with Gasteiger partial charge in [0.15, 0.2) is 6.10 Å². The molecule has 356 valence electrons. The Hall–Kier alpha value is -1.59. The van der Waals surface area contributed by atoms with Crippen molar-refractivity contribution in [2.75, 3.05) is 13.2 Å². The second kappa shape index (κ2) is 46.9. The lowest BCUT2D eigenvalue weighted by molar-refractivity contribution is -0.167. The van der Waals surface area contributed by atoms with Gasteiger partial charge < -0.3 is 14.2 Å². The van der Waals surface area contributed by atoms with E-state index >= 15 is 0 Å². The van der Waals surface area contributed by atoms with Crippen LogP contribution in [0.4, 0.5) is 0 Å². The summed E-state index contributed by atoms with van der Waals surface area (Å²) in [5, 5.41) is 0. The molecule has 0 spiro atoms. The molecule has 0 aromatic heterocycles. The highest BCUT2D eigenvalue weighted by Crippen LogP contribution is 2.18. The van der Waals surface area contributed by atoms with E-state index in [0.29, 0.717) is 19.3 Å². The molecular formula is C54H104O6. The van der Waals surface area contributed by atoms with Crippen molar-refractivity contribution in [3.63, 3.8) is 0 Å². The molecule has 0 aromatic carbocycles. The molecule has 6 heteroatoms. The first-order valence-electron chi connectivity index (χ1n) is 26.8. The van der Waals surface area contributed by atoms with Crippen molar-refractivity contribution < 1.29 is 28.6 Å². The smallest absolute Gasteiger partial charge is 0.306 e. The minimum atomic E-state index is -0.762. The molecule has 1 unspecified atom stereocenters. The van der Waals surface area contributed by atoms with E-state index in [1.54, 1.807) is 0 Å². The zero-order valence-corrected chi connectivity index (χ0v) is 41.1. The van der Waals surface area contributed by atoms with Gasteiger partial charge in [-0.15, -0.1) is 0 Å². The maximum atomic E-state index is 12.8. The van der Waals surface area contributed by atoms with Crippen LogP contribution >= 0.6 is 0 Å². The van der Waals surface area contributed by atoms with Gasteiger partial charge in [-0.1, -0.05) is 259 Å². The minimum Gasteiger partial charge on any atom is -0.462 e. The topological polar surface area (TPSA) is 78.9 Å². The molecule has 0 rings (SSSR count). The van der Waals surface area contributed by atoms with Gasteiger partial charge in [0.25, 0.3) is 0 Å². The van der Waals surface area contributed by atoms with Crippen LogP contribution in [0.3, 0.4) is 0 Å². The summed E-state index contributed by atoms with van der Waals surface area (Å²) in [5.74, 6) is 0.816. The van der Waals surface area contributed by atoms with E-state index < -0.39 is 6.10 Å². The molecule has 60 heavy (non-hydrogen) atoms. The summed E-state index contributed by atoms with van der Waals surface area (Å²) in [7, 11) is 0. The third-order valence-electron chi connectivity index (χ3n) is 12.6. The molecule has 0 radical (unpaired) electrons. The Morgan fingerprint density at radius 2 is 0.633 bits per heavy atom. The first-order chi connectivity index (χ1) is 29.3. The Labute approximate surface area is 374 Å². The fraction of sp³-hybridized carbons (Fsp3) is 0.944. The van der Waals surface area contributed by atoms with Crippen LogP contribution in [0.5, 0.6) is 0 Å². The minimum absolute atomic E-state index is 0.0639. The van der Waals surface area contributed by atoms with Gasteiger partial charge in [-0.25, -0.2) is 0 Å². The molecule has 0 saturated heterocycles. The average molecular weight is 849 g/mol. The Kier molecular flexibility index (Phi) is 45.7. The van der Waals surface area contributed by atoms with Gasteiger partial charge in [0.05, 0.1) is 0 Å². The predicted molar refractivity (Wildman–Crippen MR) is 256 cm³/mol. The molecule has 0 aromatic rings. The van der Waals surface area contributed by atoms with Crippen LogP contribution < -0.4 is 0 Å². The molecule has 0 bridgehead atoms. The van der Waals surface area contributed by atoms with Crippen molar-refractivity contribution in [3.8, 4) is 0 Å². The van der Waals surface area contributed by atoms with E-state index in [2.05, 4.69) is 34.6 Å². The number of carbonyl (C=O) groups is 3. The SMILES string of the molecule is CCCCCCCCCCCCCCCCCCCC(=O)OC[C@@H](COC(=O)CCCCCCCCCCC(C)CC)OC(=O)CCCCCCCCCCCCC(C)C. The molecule has 0 fully saturated rings. The fourth-order valence-corrected chi connectivity index (χ4v) is 8.13.